The zero-order valence-electron chi connectivity index (χ0n) is 12.5. The molecule has 0 saturated carbocycles. The quantitative estimate of drug-likeness (QED) is 0.750. The lowest BCUT2D eigenvalue weighted by atomic mass is 10.2. The van der Waals surface area contributed by atoms with Crippen LogP contribution in [0.3, 0.4) is 0 Å². The largest absolute Gasteiger partial charge is 0.481 e. The molecular formula is C15H20N2O5. The average molecular weight is 308 g/mol. The van der Waals surface area contributed by atoms with E-state index in [9.17, 15) is 9.59 Å². The van der Waals surface area contributed by atoms with Crippen LogP contribution in [0.5, 0.6) is 11.5 Å². The first-order chi connectivity index (χ1) is 10.6. The minimum Gasteiger partial charge on any atom is -0.481 e. The summed E-state index contributed by atoms with van der Waals surface area (Å²) in [5, 5.41) is 11.3. The number of rotatable bonds is 7. The molecule has 2 N–H and O–H groups in total. The van der Waals surface area contributed by atoms with Gasteiger partial charge < -0.3 is 24.8 Å². The number of carbonyl (C=O) groups is 2. The summed E-state index contributed by atoms with van der Waals surface area (Å²) in [5.74, 6) is 0.544. The molecule has 1 aliphatic rings. The molecule has 0 spiro atoms. The molecule has 0 fully saturated rings. The Morgan fingerprint density at radius 1 is 1.32 bits per heavy atom. The Balaban J connectivity index is 1.85. The number of benzene rings is 1. The summed E-state index contributed by atoms with van der Waals surface area (Å²) in [6, 6.07) is 5.39. The summed E-state index contributed by atoms with van der Waals surface area (Å²) in [5.41, 5.74) is 0.951. The summed E-state index contributed by atoms with van der Waals surface area (Å²) >= 11 is 0. The van der Waals surface area contributed by atoms with Crippen LogP contribution < -0.4 is 14.8 Å². The number of amides is 2. The molecule has 0 bridgehead atoms. The molecule has 1 aromatic carbocycles. The second-order valence-corrected chi connectivity index (χ2v) is 4.93. The molecule has 0 saturated heterocycles. The fourth-order valence-corrected chi connectivity index (χ4v) is 2.13. The van der Waals surface area contributed by atoms with E-state index in [1.54, 1.807) is 4.90 Å². The van der Waals surface area contributed by atoms with E-state index in [0.29, 0.717) is 37.6 Å². The molecule has 7 nitrogen and oxygen atoms in total. The van der Waals surface area contributed by atoms with Gasteiger partial charge in [-0.05, 0) is 31.0 Å². The molecule has 1 heterocycles. The molecule has 120 valence electrons. The SMILES string of the molecule is CCN(Cc1ccc2c(c1)OCO2)C(=O)NCCCC(=O)O. The number of nitrogens with zero attached hydrogens (tertiary/aromatic N) is 1. The molecule has 1 aliphatic heterocycles. The molecule has 2 amide bonds. The highest BCUT2D eigenvalue weighted by atomic mass is 16.7. The molecule has 0 unspecified atom stereocenters. The molecule has 22 heavy (non-hydrogen) atoms. The van der Waals surface area contributed by atoms with Crippen molar-refractivity contribution in [2.24, 2.45) is 0 Å². The topological polar surface area (TPSA) is 88.1 Å². The maximum atomic E-state index is 12.1. The molecular weight excluding hydrogens is 288 g/mol. The Morgan fingerprint density at radius 2 is 2.09 bits per heavy atom. The maximum absolute atomic E-state index is 12.1. The third-order valence-corrected chi connectivity index (χ3v) is 3.32. The molecule has 7 heteroatoms. The fourth-order valence-electron chi connectivity index (χ4n) is 2.13. The van der Waals surface area contributed by atoms with Gasteiger partial charge in [-0.2, -0.15) is 0 Å². The van der Waals surface area contributed by atoms with Crippen molar-refractivity contribution in [3.8, 4) is 11.5 Å². The van der Waals surface area contributed by atoms with Crippen LogP contribution in [0.25, 0.3) is 0 Å². The number of ether oxygens (including phenoxy) is 2. The Kier molecular flexibility index (Phi) is 5.46. The zero-order chi connectivity index (χ0) is 15.9. The number of urea groups is 1. The van der Waals surface area contributed by atoms with Crippen molar-refractivity contribution in [1.29, 1.82) is 0 Å². The Morgan fingerprint density at radius 3 is 2.82 bits per heavy atom. The van der Waals surface area contributed by atoms with E-state index in [1.165, 1.54) is 0 Å². The van der Waals surface area contributed by atoms with Gasteiger partial charge >= 0.3 is 12.0 Å². The van der Waals surface area contributed by atoms with Crippen LogP contribution in [-0.2, 0) is 11.3 Å². The number of carbonyl (C=O) groups excluding carboxylic acids is 1. The highest BCUT2D eigenvalue weighted by Gasteiger charge is 2.16. The van der Waals surface area contributed by atoms with E-state index in [4.69, 9.17) is 14.6 Å². The minimum atomic E-state index is -0.859. The summed E-state index contributed by atoms with van der Waals surface area (Å²) < 4.78 is 10.6. The molecule has 1 aromatic rings. The number of aliphatic carboxylic acids is 1. The van der Waals surface area contributed by atoms with Crippen molar-refractivity contribution in [3.63, 3.8) is 0 Å². The number of fused-ring (bicyclic) bond motifs is 1. The normalized spacial score (nSPS) is 12.0. The predicted molar refractivity (Wildman–Crippen MR) is 78.9 cm³/mol. The number of carboxylic acids is 1. The number of hydrogen-bond donors (Lipinski definition) is 2. The van der Waals surface area contributed by atoms with E-state index in [1.807, 2.05) is 25.1 Å². The first-order valence-electron chi connectivity index (χ1n) is 7.23. The Hall–Kier alpha value is -2.44. The summed E-state index contributed by atoms with van der Waals surface area (Å²) in [4.78, 5) is 24.1. The van der Waals surface area contributed by atoms with Gasteiger partial charge in [-0.3, -0.25) is 4.79 Å². The van der Waals surface area contributed by atoms with E-state index >= 15 is 0 Å². The van der Waals surface area contributed by atoms with Crippen LogP contribution >= 0.6 is 0 Å². The van der Waals surface area contributed by atoms with Crippen LogP contribution in [0, 0.1) is 0 Å². The maximum Gasteiger partial charge on any atom is 0.317 e. The monoisotopic (exact) mass is 308 g/mol. The van der Waals surface area contributed by atoms with Gasteiger partial charge in [-0.15, -0.1) is 0 Å². The van der Waals surface area contributed by atoms with Crippen molar-refractivity contribution in [3.05, 3.63) is 23.8 Å². The first-order valence-corrected chi connectivity index (χ1v) is 7.23. The van der Waals surface area contributed by atoms with Crippen molar-refractivity contribution in [2.45, 2.75) is 26.3 Å². The molecule has 0 aliphatic carbocycles. The lowest BCUT2D eigenvalue weighted by Gasteiger charge is -2.21. The molecule has 0 radical (unpaired) electrons. The third-order valence-electron chi connectivity index (χ3n) is 3.32. The lowest BCUT2D eigenvalue weighted by molar-refractivity contribution is -0.137. The zero-order valence-corrected chi connectivity index (χ0v) is 12.5. The molecule has 0 atom stereocenters. The predicted octanol–water partition coefficient (Wildman–Crippen LogP) is 1.81. The van der Waals surface area contributed by atoms with Gasteiger partial charge in [-0.25, -0.2) is 4.79 Å². The second kappa shape index (κ2) is 7.53. The first kappa shape index (κ1) is 15.9. The van der Waals surface area contributed by atoms with Gasteiger partial charge in [0.1, 0.15) is 0 Å². The lowest BCUT2D eigenvalue weighted by Crippen LogP contribution is -2.39. The van der Waals surface area contributed by atoms with Crippen LogP contribution in [0.4, 0.5) is 4.79 Å². The highest BCUT2D eigenvalue weighted by molar-refractivity contribution is 5.74. The summed E-state index contributed by atoms with van der Waals surface area (Å²) in [6.07, 6.45) is 0.469. The Bertz CT molecular complexity index is 547. The van der Waals surface area contributed by atoms with Gasteiger partial charge in [0.05, 0.1) is 0 Å². The van der Waals surface area contributed by atoms with Gasteiger partial charge in [0.2, 0.25) is 6.79 Å². The van der Waals surface area contributed by atoms with E-state index in [2.05, 4.69) is 5.32 Å². The second-order valence-electron chi connectivity index (χ2n) is 4.93. The summed E-state index contributed by atoms with van der Waals surface area (Å²) in [7, 11) is 0. The van der Waals surface area contributed by atoms with Crippen molar-refractivity contribution < 1.29 is 24.2 Å². The number of nitrogens with one attached hydrogen (secondary N) is 1. The number of hydrogen-bond acceptors (Lipinski definition) is 4. The minimum absolute atomic E-state index is 0.0502. The summed E-state index contributed by atoms with van der Waals surface area (Å²) in [6.45, 7) is 3.48. The number of carboxylic acid groups (broad SMARTS) is 1. The third kappa shape index (κ3) is 4.28. The van der Waals surface area contributed by atoms with Gasteiger partial charge in [0.15, 0.2) is 11.5 Å². The Labute approximate surface area is 128 Å². The van der Waals surface area contributed by atoms with E-state index < -0.39 is 5.97 Å². The van der Waals surface area contributed by atoms with Crippen LogP contribution in [0.15, 0.2) is 18.2 Å². The molecule has 0 aromatic heterocycles. The van der Waals surface area contributed by atoms with Crippen LogP contribution in [0.1, 0.15) is 25.3 Å². The van der Waals surface area contributed by atoms with Crippen LogP contribution in [-0.4, -0.2) is 41.9 Å². The van der Waals surface area contributed by atoms with Crippen LogP contribution in [0.2, 0.25) is 0 Å². The fraction of sp³-hybridized carbons (Fsp3) is 0.467. The van der Waals surface area contributed by atoms with Crippen molar-refractivity contribution >= 4 is 12.0 Å². The van der Waals surface area contributed by atoms with E-state index in [0.717, 1.165) is 5.56 Å². The molecule has 2 rings (SSSR count). The standard InChI is InChI=1S/C15H20N2O5/c1-2-17(15(20)16-7-3-4-14(18)19)9-11-5-6-12-13(8-11)22-10-21-12/h5-6,8H,2-4,7,9-10H2,1H3,(H,16,20)(H,18,19). The average Bonchev–Trinajstić information content (AvgIpc) is 2.96. The smallest absolute Gasteiger partial charge is 0.317 e. The van der Waals surface area contributed by atoms with Crippen molar-refractivity contribution in [1.82, 2.24) is 10.2 Å². The van der Waals surface area contributed by atoms with Crippen molar-refractivity contribution in [2.75, 3.05) is 19.9 Å². The van der Waals surface area contributed by atoms with Gasteiger partial charge in [0, 0.05) is 26.1 Å². The van der Waals surface area contributed by atoms with Gasteiger partial charge in [0.25, 0.3) is 0 Å². The highest BCUT2D eigenvalue weighted by Crippen LogP contribution is 2.32. The van der Waals surface area contributed by atoms with E-state index in [-0.39, 0.29) is 19.2 Å². The van der Waals surface area contributed by atoms with Gasteiger partial charge in [-0.1, -0.05) is 6.07 Å².